The lowest BCUT2D eigenvalue weighted by molar-refractivity contribution is -0.000342. The average Bonchev–Trinajstić information content (AvgIpc) is 2.16. The first-order valence-electron chi connectivity index (χ1n) is 4.83. The number of benzene rings is 1. The first kappa shape index (κ1) is 11.8. The van der Waals surface area contributed by atoms with Crippen LogP contribution in [0.25, 0.3) is 0 Å². The maximum Gasteiger partial charge on any atom is 0.194 e. The smallest absolute Gasteiger partial charge is 0.194 e. The summed E-state index contributed by atoms with van der Waals surface area (Å²) in [5.74, 6) is 1.24. The average molecular weight is 212 g/mol. The molecule has 4 heteroatoms. The van der Waals surface area contributed by atoms with Crippen molar-refractivity contribution < 1.29 is 19.7 Å². The first-order valence-corrected chi connectivity index (χ1v) is 4.83. The van der Waals surface area contributed by atoms with Crippen molar-refractivity contribution in [2.45, 2.75) is 26.2 Å². The Morgan fingerprint density at radius 3 is 2.07 bits per heavy atom. The Morgan fingerprint density at radius 2 is 1.60 bits per heavy atom. The van der Waals surface area contributed by atoms with Gasteiger partial charge in [0.15, 0.2) is 6.29 Å². The molecule has 0 amide bonds. The van der Waals surface area contributed by atoms with Crippen molar-refractivity contribution in [2.24, 2.45) is 0 Å². The van der Waals surface area contributed by atoms with E-state index in [-0.39, 0.29) is 6.61 Å². The lowest BCUT2D eigenvalue weighted by Crippen LogP contribution is -2.12. The van der Waals surface area contributed by atoms with Crippen molar-refractivity contribution in [3.05, 3.63) is 24.3 Å². The van der Waals surface area contributed by atoms with Crippen LogP contribution in [0.5, 0.6) is 11.5 Å². The highest BCUT2D eigenvalue weighted by Gasteiger charge is 2.00. The van der Waals surface area contributed by atoms with Gasteiger partial charge in [-0.2, -0.15) is 0 Å². The SMILES string of the molecule is CC(O)COc1ccc(OC(C)O)cc1. The molecule has 0 aliphatic carbocycles. The normalized spacial score (nSPS) is 14.4. The van der Waals surface area contributed by atoms with Crippen LogP contribution in [0.15, 0.2) is 24.3 Å². The Morgan fingerprint density at radius 1 is 1.07 bits per heavy atom. The maximum absolute atomic E-state index is 9.00. The Hall–Kier alpha value is -1.26. The Balaban J connectivity index is 2.49. The third kappa shape index (κ3) is 4.67. The van der Waals surface area contributed by atoms with Gasteiger partial charge in [-0.3, -0.25) is 0 Å². The van der Waals surface area contributed by atoms with Gasteiger partial charge < -0.3 is 19.7 Å². The molecule has 0 aliphatic heterocycles. The van der Waals surface area contributed by atoms with Gasteiger partial charge >= 0.3 is 0 Å². The van der Waals surface area contributed by atoms with E-state index < -0.39 is 12.4 Å². The molecular weight excluding hydrogens is 196 g/mol. The monoisotopic (exact) mass is 212 g/mol. The molecule has 1 aromatic carbocycles. The molecule has 15 heavy (non-hydrogen) atoms. The fourth-order valence-corrected chi connectivity index (χ4v) is 1.03. The number of ether oxygens (including phenoxy) is 2. The number of hydrogen-bond donors (Lipinski definition) is 2. The Bertz CT molecular complexity index is 279. The van der Waals surface area contributed by atoms with E-state index in [0.717, 1.165) is 0 Å². The van der Waals surface area contributed by atoms with Crippen LogP contribution in [0.4, 0.5) is 0 Å². The van der Waals surface area contributed by atoms with Gasteiger partial charge in [-0.1, -0.05) is 0 Å². The standard InChI is InChI=1S/C11H16O4/c1-8(12)7-14-10-3-5-11(6-4-10)15-9(2)13/h3-6,8-9,12-13H,7H2,1-2H3. The van der Waals surface area contributed by atoms with Crippen molar-refractivity contribution in [3.63, 3.8) is 0 Å². The fraction of sp³-hybridized carbons (Fsp3) is 0.455. The summed E-state index contributed by atoms with van der Waals surface area (Å²) in [7, 11) is 0. The molecule has 0 radical (unpaired) electrons. The predicted octanol–water partition coefficient (Wildman–Crippen LogP) is 1.16. The van der Waals surface area contributed by atoms with Crippen molar-refractivity contribution in [3.8, 4) is 11.5 Å². The van der Waals surface area contributed by atoms with Crippen molar-refractivity contribution in [1.29, 1.82) is 0 Å². The molecule has 84 valence electrons. The second kappa shape index (κ2) is 5.58. The number of hydrogen-bond acceptors (Lipinski definition) is 4. The predicted molar refractivity (Wildman–Crippen MR) is 55.9 cm³/mol. The topological polar surface area (TPSA) is 58.9 Å². The van der Waals surface area contributed by atoms with Crippen molar-refractivity contribution >= 4 is 0 Å². The Kier molecular flexibility index (Phi) is 4.39. The maximum atomic E-state index is 9.00. The fourth-order valence-electron chi connectivity index (χ4n) is 1.03. The summed E-state index contributed by atoms with van der Waals surface area (Å²) in [4.78, 5) is 0. The number of aliphatic hydroxyl groups excluding tert-OH is 2. The van der Waals surface area contributed by atoms with Crippen LogP contribution in [-0.4, -0.2) is 29.2 Å². The molecule has 2 unspecified atom stereocenters. The lowest BCUT2D eigenvalue weighted by Gasteiger charge is -2.10. The van der Waals surface area contributed by atoms with Crippen LogP contribution in [0.1, 0.15) is 13.8 Å². The molecule has 0 heterocycles. The summed E-state index contributed by atoms with van der Waals surface area (Å²) in [5, 5.41) is 18.0. The molecule has 2 N–H and O–H groups in total. The van der Waals surface area contributed by atoms with Gasteiger partial charge in [0, 0.05) is 0 Å². The van der Waals surface area contributed by atoms with Gasteiger partial charge in [0.25, 0.3) is 0 Å². The minimum atomic E-state index is -0.825. The van der Waals surface area contributed by atoms with E-state index in [1.165, 1.54) is 6.92 Å². The van der Waals surface area contributed by atoms with Crippen molar-refractivity contribution in [1.82, 2.24) is 0 Å². The summed E-state index contributed by atoms with van der Waals surface area (Å²) in [5.41, 5.74) is 0. The molecule has 1 aromatic rings. The summed E-state index contributed by atoms with van der Waals surface area (Å²) >= 11 is 0. The molecule has 2 atom stereocenters. The highest BCUT2D eigenvalue weighted by Crippen LogP contribution is 2.18. The minimum absolute atomic E-state index is 0.261. The van der Waals surface area contributed by atoms with Gasteiger partial charge in [-0.25, -0.2) is 0 Å². The second-order valence-corrected chi connectivity index (χ2v) is 3.35. The summed E-state index contributed by atoms with van der Waals surface area (Å²) < 4.78 is 10.3. The summed E-state index contributed by atoms with van der Waals surface area (Å²) in [6.07, 6.45) is -1.31. The van der Waals surface area contributed by atoms with Gasteiger partial charge in [0.05, 0.1) is 6.10 Å². The molecule has 0 aromatic heterocycles. The molecule has 0 saturated carbocycles. The molecular formula is C11H16O4. The molecule has 0 saturated heterocycles. The molecule has 0 fully saturated rings. The minimum Gasteiger partial charge on any atom is -0.491 e. The van der Waals surface area contributed by atoms with Crippen LogP contribution < -0.4 is 9.47 Å². The third-order valence-corrected chi connectivity index (χ3v) is 1.62. The van der Waals surface area contributed by atoms with E-state index in [1.54, 1.807) is 31.2 Å². The van der Waals surface area contributed by atoms with Gasteiger partial charge in [-0.05, 0) is 38.1 Å². The number of aliphatic hydroxyl groups is 2. The van der Waals surface area contributed by atoms with Crippen LogP contribution in [0, 0.1) is 0 Å². The van der Waals surface area contributed by atoms with Gasteiger partial charge in [-0.15, -0.1) is 0 Å². The largest absolute Gasteiger partial charge is 0.491 e. The number of rotatable bonds is 5. The van der Waals surface area contributed by atoms with E-state index in [1.807, 2.05) is 0 Å². The molecule has 4 nitrogen and oxygen atoms in total. The zero-order chi connectivity index (χ0) is 11.3. The van der Waals surface area contributed by atoms with Crippen LogP contribution in [0.2, 0.25) is 0 Å². The summed E-state index contributed by atoms with van der Waals surface area (Å²) in [6.45, 7) is 3.46. The first-order chi connectivity index (χ1) is 7.08. The molecule has 1 rings (SSSR count). The van der Waals surface area contributed by atoms with E-state index >= 15 is 0 Å². The van der Waals surface area contributed by atoms with E-state index in [2.05, 4.69) is 0 Å². The van der Waals surface area contributed by atoms with Crippen molar-refractivity contribution in [2.75, 3.05) is 6.61 Å². The zero-order valence-corrected chi connectivity index (χ0v) is 8.88. The third-order valence-electron chi connectivity index (χ3n) is 1.62. The lowest BCUT2D eigenvalue weighted by atomic mass is 10.3. The van der Waals surface area contributed by atoms with E-state index in [0.29, 0.717) is 11.5 Å². The Labute approximate surface area is 89.1 Å². The van der Waals surface area contributed by atoms with Gasteiger partial charge in [0.2, 0.25) is 0 Å². The van der Waals surface area contributed by atoms with Gasteiger partial charge in [0.1, 0.15) is 18.1 Å². The molecule has 0 aliphatic rings. The van der Waals surface area contributed by atoms with Crippen LogP contribution >= 0.6 is 0 Å². The highest BCUT2D eigenvalue weighted by molar-refractivity contribution is 5.31. The van der Waals surface area contributed by atoms with E-state index in [4.69, 9.17) is 19.7 Å². The van der Waals surface area contributed by atoms with Crippen LogP contribution in [0.3, 0.4) is 0 Å². The second-order valence-electron chi connectivity index (χ2n) is 3.35. The summed E-state index contributed by atoms with van der Waals surface area (Å²) in [6, 6.07) is 6.84. The highest BCUT2D eigenvalue weighted by atomic mass is 16.6. The molecule has 0 bridgehead atoms. The quantitative estimate of drug-likeness (QED) is 0.719. The zero-order valence-electron chi connectivity index (χ0n) is 8.88. The van der Waals surface area contributed by atoms with Crippen LogP contribution in [-0.2, 0) is 0 Å². The van der Waals surface area contributed by atoms with E-state index in [9.17, 15) is 0 Å². The molecule has 0 spiro atoms.